The van der Waals surface area contributed by atoms with E-state index >= 15 is 0 Å². The third-order valence-electron chi connectivity index (χ3n) is 2.69. The summed E-state index contributed by atoms with van der Waals surface area (Å²) >= 11 is 0. The predicted octanol–water partition coefficient (Wildman–Crippen LogP) is 3.21. The van der Waals surface area contributed by atoms with Crippen LogP contribution in [0.15, 0.2) is 18.2 Å². The number of alkyl halides is 3. The zero-order chi connectivity index (χ0) is 13.8. The van der Waals surface area contributed by atoms with Crippen molar-refractivity contribution in [2.45, 2.75) is 19.0 Å². The molecule has 0 N–H and O–H groups in total. The van der Waals surface area contributed by atoms with E-state index in [0.29, 0.717) is 18.6 Å². The van der Waals surface area contributed by atoms with Gasteiger partial charge in [-0.15, -0.1) is 0 Å². The van der Waals surface area contributed by atoms with E-state index in [2.05, 4.69) is 0 Å². The molecule has 5 heteroatoms. The number of hydrogen-bond acceptors (Lipinski definition) is 2. The second-order valence-electron chi connectivity index (χ2n) is 4.39. The third kappa shape index (κ3) is 3.91. The Morgan fingerprint density at radius 2 is 1.89 bits per heavy atom. The Bertz CT molecular complexity index is 388. The van der Waals surface area contributed by atoms with Crippen LogP contribution in [0.2, 0.25) is 0 Å². The number of ether oxygens (including phenoxy) is 1. The van der Waals surface area contributed by atoms with Crippen molar-refractivity contribution < 1.29 is 17.9 Å². The molecule has 0 aliphatic heterocycles. The fourth-order valence-corrected chi connectivity index (χ4v) is 1.85. The average Bonchev–Trinajstić information content (AvgIpc) is 2.27. The van der Waals surface area contributed by atoms with E-state index < -0.39 is 11.7 Å². The van der Waals surface area contributed by atoms with Crippen LogP contribution in [0.25, 0.3) is 0 Å². The lowest BCUT2D eigenvalue weighted by Gasteiger charge is -2.17. The van der Waals surface area contributed by atoms with Crippen LogP contribution in [-0.2, 0) is 12.6 Å². The van der Waals surface area contributed by atoms with Crippen LogP contribution in [0.3, 0.4) is 0 Å². The third-order valence-corrected chi connectivity index (χ3v) is 2.69. The molecule has 0 aliphatic carbocycles. The molecule has 0 aliphatic rings. The number of methoxy groups -OCH3 is 1. The van der Waals surface area contributed by atoms with E-state index in [1.54, 1.807) is 6.07 Å². The van der Waals surface area contributed by atoms with Gasteiger partial charge in [-0.2, -0.15) is 13.2 Å². The molecule has 0 spiro atoms. The fourth-order valence-electron chi connectivity index (χ4n) is 1.85. The van der Waals surface area contributed by atoms with E-state index in [9.17, 15) is 13.2 Å². The summed E-state index contributed by atoms with van der Waals surface area (Å²) in [7, 11) is 5.19. The lowest BCUT2D eigenvalue weighted by Crippen LogP contribution is -2.15. The summed E-state index contributed by atoms with van der Waals surface area (Å²) in [5, 5.41) is 0. The van der Waals surface area contributed by atoms with E-state index in [0.717, 1.165) is 12.6 Å². The van der Waals surface area contributed by atoms with Crippen molar-refractivity contribution in [2.24, 2.45) is 0 Å². The summed E-state index contributed by atoms with van der Waals surface area (Å²) in [5.41, 5.74) is -0.352. The molecule has 0 bridgehead atoms. The first kappa shape index (κ1) is 14.8. The van der Waals surface area contributed by atoms with Crippen LogP contribution in [0.1, 0.15) is 17.5 Å². The zero-order valence-corrected chi connectivity index (χ0v) is 10.8. The Balaban J connectivity index is 2.97. The van der Waals surface area contributed by atoms with Gasteiger partial charge in [0.25, 0.3) is 0 Å². The minimum absolute atomic E-state index is 0.245. The molecule has 1 aromatic carbocycles. The molecule has 0 radical (unpaired) electrons. The van der Waals surface area contributed by atoms with Crippen LogP contribution in [-0.4, -0.2) is 32.6 Å². The molecule has 1 rings (SSSR count). The highest BCUT2D eigenvalue weighted by molar-refractivity contribution is 5.42. The van der Waals surface area contributed by atoms with Crippen LogP contribution in [0.5, 0.6) is 5.75 Å². The molecule has 0 amide bonds. The van der Waals surface area contributed by atoms with Crippen molar-refractivity contribution in [3.63, 3.8) is 0 Å². The van der Waals surface area contributed by atoms with Gasteiger partial charge in [-0.3, -0.25) is 0 Å². The summed E-state index contributed by atoms with van der Waals surface area (Å²) in [4.78, 5) is 1.95. The SMILES string of the molecule is COc1cccc(C(F)(F)F)c1CCCN(C)C. The quantitative estimate of drug-likeness (QED) is 0.807. The average molecular weight is 261 g/mol. The van der Waals surface area contributed by atoms with Gasteiger partial charge in [-0.05, 0) is 45.6 Å². The Labute approximate surface area is 105 Å². The molecule has 0 aromatic heterocycles. The summed E-state index contributed by atoms with van der Waals surface area (Å²) in [6, 6.07) is 4.05. The van der Waals surface area contributed by atoms with Gasteiger partial charge in [0.05, 0.1) is 12.7 Å². The Morgan fingerprint density at radius 1 is 1.22 bits per heavy atom. The van der Waals surface area contributed by atoms with Gasteiger partial charge >= 0.3 is 6.18 Å². The first-order valence-electron chi connectivity index (χ1n) is 5.74. The maximum atomic E-state index is 12.9. The first-order valence-corrected chi connectivity index (χ1v) is 5.74. The van der Waals surface area contributed by atoms with E-state index in [-0.39, 0.29) is 5.56 Å². The van der Waals surface area contributed by atoms with Crippen molar-refractivity contribution in [1.29, 1.82) is 0 Å². The molecular formula is C13H18F3NO. The monoisotopic (exact) mass is 261 g/mol. The van der Waals surface area contributed by atoms with Crippen molar-refractivity contribution in [3.05, 3.63) is 29.3 Å². The van der Waals surface area contributed by atoms with E-state index in [4.69, 9.17) is 4.74 Å². The van der Waals surface area contributed by atoms with Crippen LogP contribution in [0.4, 0.5) is 13.2 Å². The van der Waals surface area contributed by atoms with Gasteiger partial charge in [0, 0.05) is 5.56 Å². The molecular weight excluding hydrogens is 243 g/mol. The molecule has 0 fully saturated rings. The zero-order valence-electron chi connectivity index (χ0n) is 10.8. The largest absolute Gasteiger partial charge is 0.496 e. The Morgan fingerprint density at radius 3 is 2.39 bits per heavy atom. The lowest BCUT2D eigenvalue weighted by atomic mass is 10.0. The summed E-state index contributed by atoms with van der Waals surface area (Å²) in [6.45, 7) is 0.745. The second-order valence-corrected chi connectivity index (χ2v) is 4.39. The fraction of sp³-hybridized carbons (Fsp3) is 0.538. The molecule has 2 nitrogen and oxygen atoms in total. The van der Waals surface area contributed by atoms with Gasteiger partial charge in [0.15, 0.2) is 0 Å². The highest BCUT2D eigenvalue weighted by Crippen LogP contribution is 2.36. The number of nitrogens with zero attached hydrogens (tertiary/aromatic N) is 1. The highest BCUT2D eigenvalue weighted by Gasteiger charge is 2.34. The Hall–Kier alpha value is -1.23. The van der Waals surface area contributed by atoms with Gasteiger partial charge in [0.2, 0.25) is 0 Å². The smallest absolute Gasteiger partial charge is 0.416 e. The van der Waals surface area contributed by atoms with E-state index in [1.807, 2.05) is 19.0 Å². The molecule has 1 aromatic rings. The number of rotatable bonds is 5. The predicted molar refractivity (Wildman–Crippen MR) is 64.9 cm³/mol. The van der Waals surface area contributed by atoms with E-state index in [1.165, 1.54) is 13.2 Å². The minimum Gasteiger partial charge on any atom is -0.496 e. The van der Waals surface area contributed by atoms with Crippen LogP contribution < -0.4 is 4.74 Å². The van der Waals surface area contributed by atoms with Gasteiger partial charge in [-0.1, -0.05) is 6.07 Å². The summed E-state index contributed by atoms with van der Waals surface area (Å²) in [5.74, 6) is 0.309. The van der Waals surface area contributed by atoms with Crippen molar-refractivity contribution in [1.82, 2.24) is 4.90 Å². The first-order chi connectivity index (χ1) is 8.36. The minimum atomic E-state index is -4.33. The maximum Gasteiger partial charge on any atom is 0.416 e. The topological polar surface area (TPSA) is 12.5 Å². The molecule has 0 heterocycles. The van der Waals surface area contributed by atoms with Crippen LogP contribution >= 0.6 is 0 Å². The number of hydrogen-bond donors (Lipinski definition) is 0. The molecule has 0 saturated heterocycles. The molecule has 0 atom stereocenters. The van der Waals surface area contributed by atoms with Gasteiger partial charge < -0.3 is 9.64 Å². The van der Waals surface area contributed by atoms with Crippen molar-refractivity contribution >= 4 is 0 Å². The molecule has 18 heavy (non-hydrogen) atoms. The molecule has 0 unspecified atom stereocenters. The highest BCUT2D eigenvalue weighted by atomic mass is 19.4. The standard InChI is InChI=1S/C13H18F3NO/c1-17(2)9-5-6-10-11(13(14,15)16)7-4-8-12(10)18-3/h4,7-8H,5-6,9H2,1-3H3. The van der Waals surface area contributed by atoms with Gasteiger partial charge in [-0.25, -0.2) is 0 Å². The second kappa shape index (κ2) is 6.09. The number of benzene rings is 1. The van der Waals surface area contributed by atoms with Gasteiger partial charge in [0.1, 0.15) is 5.75 Å². The molecule has 0 saturated carbocycles. The normalized spacial score (nSPS) is 11.9. The lowest BCUT2D eigenvalue weighted by molar-refractivity contribution is -0.138. The number of halogens is 3. The van der Waals surface area contributed by atoms with Crippen molar-refractivity contribution in [2.75, 3.05) is 27.7 Å². The molecule has 102 valence electrons. The van der Waals surface area contributed by atoms with Crippen LogP contribution in [0, 0.1) is 0 Å². The van der Waals surface area contributed by atoms with Crippen molar-refractivity contribution in [3.8, 4) is 5.75 Å². The summed E-state index contributed by atoms with van der Waals surface area (Å²) < 4.78 is 43.7. The maximum absolute atomic E-state index is 12.9. The summed E-state index contributed by atoms with van der Waals surface area (Å²) in [6.07, 6.45) is -3.31. The Kier molecular flexibility index (Phi) is 5.02.